The molecular formula is C29H37NO11. The van der Waals surface area contributed by atoms with Crippen molar-refractivity contribution in [2.75, 3.05) is 19.8 Å². The predicted octanol–water partition coefficient (Wildman–Crippen LogP) is 5.22. The average Bonchev–Trinajstić information content (AvgIpc) is 2.90. The minimum Gasteiger partial charge on any atom is -0.480 e. The Morgan fingerprint density at radius 1 is 0.756 bits per heavy atom. The zero-order chi connectivity index (χ0) is 30.4. The summed E-state index contributed by atoms with van der Waals surface area (Å²) in [5.41, 5.74) is 0.441. The Labute approximate surface area is 238 Å². The van der Waals surface area contributed by atoms with Gasteiger partial charge in [-0.1, -0.05) is 52.0 Å². The van der Waals surface area contributed by atoms with Crippen LogP contribution in [0.3, 0.4) is 0 Å². The van der Waals surface area contributed by atoms with Crippen molar-refractivity contribution in [2.24, 2.45) is 11.8 Å². The molecule has 0 saturated carbocycles. The number of carbonyl (C=O) groups excluding carboxylic acids is 3. The lowest BCUT2D eigenvalue weighted by atomic mass is 10.0. The summed E-state index contributed by atoms with van der Waals surface area (Å²) in [5, 5.41) is 12.6. The van der Waals surface area contributed by atoms with Crippen molar-refractivity contribution >= 4 is 24.4 Å². The highest BCUT2D eigenvalue weighted by molar-refractivity contribution is 5.74. The molecule has 2 N–H and O–H groups in total. The Morgan fingerprint density at radius 2 is 1.34 bits per heavy atom. The van der Waals surface area contributed by atoms with Gasteiger partial charge in [-0.15, -0.1) is 0 Å². The highest BCUT2D eigenvalue weighted by atomic mass is 16.7. The molecule has 0 bridgehead atoms. The van der Waals surface area contributed by atoms with Gasteiger partial charge >= 0.3 is 24.4 Å². The maximum atomic E-state index is 12.2. The molecule has 0 aromatic heterocycles. The van der Waals surface area contributed by atoms with Crippen molar-refractivity contribution in [1.82, 2.24) is 5.32 Å². The van der Waals surface area contributed by atoms with Crippen molar-refractivity contribution in [3.05, 3.63) is 54.1 Å². The molecule has 2 rings (SSSR count). The number of para-hydroxylation sites is 1. The number of carboxylic acid groups (broad SMARTS) is 1. The predicted molar refractivity (Wildman–Crippen MR) is 146 cm³/mol. The fraction of sp³-hybridized carbons (Fsp3) is 0.448. The Morgan fingerprint density at radius 3 is 1.90 bits per heavy atom. The summed E-state index contributed by atoms with van der Waals surface area (Å²) in [4.78, 5) is 48.3. The molecule has 0 amide bonds. The molecule has 1 unspecified atom stereocenters. The molecule has 2 aromatic rings. The quantitative estimate of drug-likeness (QED) is 0.172. The fourth-order valence-electron chi connectivity index (χ4n) is 3.16. The van der Waals surface area contributed by atoms with Crippen molar-refractivity contribution in [1.29, 1.82) is 0 Å². The normalized spacial score (nSPS) is 12.3. The van der Waals surface area contributed by atoms with Crippen LogP contribution in [-0.2, 0) is 25.4 Å². The van der Waals surface area contributed by atoms with E-state index < -0.39 is 36.6 Å². The van der Waals surface area contributed by atoms with Gasteiger partial charge in [-0.3, -0.25) is 4.79 Å². The van der Waals surface area contributed by atoms with E-state index in [2.05, 4.69) is 5.32 Å². The molecule has 0 aliphatic heterocycles. The molecule has 12 nitrogen and oxygen atoms in total. The van der Waals surface area contributed by atoms with Crippen LogP contribution in [0.5, 0.6) is 17.2 Å². The molecule has 12 heteroatoms. The molecule has 0 fully saturated rings. The summed E-state index contributed by atoms with van der Waals surface area (Å²) >= 11 is 0. The summed E-state index contributed by atoms with van der Waals surface area (Å²) in [7, 11) is 0. The summed E-state index contributed by atoms with van der Waals surface area (Å²) in [5.74, 6) is -0.974. The van der Waals surface area contributed by atoms with Gasteiger partial charge in [-0.25, -0.2) is 14.4 Å². The molecule has 2 aromatic carbocycles. The smallest absolute Gasteiger partial charge is 0.480 e. The van der Waals surface area contributed by atoms with Gasteiger partial charge in [0.15, 0.2) is 11.5 Å². The third-order valence-electron chi connectivity index (χ3n) is 5.10. The van der Waals surface area contributed by atoms with Crippen LogP contribution in [0, 0.1) is 11.8 Å². The van der Waals surface area contributed by atoms with E-state index in [1.165, 1.54) is 18.2 Å². The van der Waals surface area contributed by atoms with Crippen LogP contribution in [0.2, 0.25) is 0 Å². The third kappa shape index (κ3) is 13.1. The summed E-state index contributed by atoms with van der Waals surface area (Å²) in [6.07, 6.45) is -3.69. The first-order valence-electron chi connectivity index (χ1n) is 13.1. The van der Waals surface area contributed by atoms with Crippen LogP contribution in [0.1, 0.15) is 40.2 Å². The number of nitrogens with one attached hydrogen (secondary N) is 1. The second kappa shape index (κ2) is 16.7. The molecule has 0 aliphatic rings. The van der Waals surface area contributed by atoms with E-state index in [-0.39, 0.29) is 49.5 Å². The SMILES string of the molecule is CC(C)COC(=O)Oc1ccc(C[C@H](NCC(C)OC(=O)Oc2ccccc2)C(=O)O)cc1OC(=O)OCC(C)C. The van der Waals surface area contributed by atoms with E-state index in [1.54, 1.807) is 37.3 Å². The topological polar surface area (TPSA) is 156 Å². The van der Waals surface area contributed by atoms with Gasteiger partial charge in [-0.2, -0.15) is 0 Å². The van der Waals surface area contributed by atoms with Gasteiger partial charge in [0.05, 0.1) is 13.2 Å². The first-order chi connectivity index (χ1) is 19.4. The number of carboxylic acids is 1. The Balaban J connectivity index is 2.07. The number of benzene rings is 2. The monoisotopic (exact) mass is 575 g/mol. The fourth-order valence-corrected chi connectivity index (χ4v) is 3.16. The first-order valence-corrected chi connectivity index (χ1v) is 13.1. The molecule has 41 heavy (non-hydrogen) atoms. The van der Waals surface area contributed by atoms with Gasteiger partial charge in [0.25, 0.3) is 0 Å². The van der Waals surface area contributed by atoms with Crippen molar-refractivity contribution in [2.45, 2.75) is 53.2 Å². The van der Waals surface area contributed by atoms with E-state index in [4.69, 9.17) is 28.4 Å². The Bertz CT molecular complexity index is 1150. The van der Waals surface area contributed by atoms with Crippen LogP contribution >= 0.6 is 0 Å². The summed E-state index contributed by atoms with van der Waals surface area (Å²) < 4.78 is 30.8. The minimum atomic E-state index is -1.17. The molecule has 224 valence electrons. The molecular weight excluding hydrogens is 538 g/mol. The standard InChI is InChI=1S/C29H37NO11/c1-18(2)16-36-27(33)40-24-12-11-21(14-25(24)41-28(34)37-17-19(3)4)13-23(26(31)32)30-15-20(5)38-29(35)39-22-9-7-6-8-10-22/h6-12,14,18-20,23,30H,13,15-17H2,1-5H3,(H,31,32)/t20?,23-/m0/s1. The van der Waals surface area contributed by atoms with Crippen molar-refractivity contribution in [3.63, 3.8) is 0 Å². The third-order valence-corrected chi connectivity index (χ3v) is 5.10. The van der Waals surface area contributed by atoms with Crippen LogP contribution in [-0.4, -0.2) is 61.4 Å². The van der Waals surface area contributed by atoms with Gasteiger partial charge in [-0.05, 0) is 55.0 Å². The number of rotatable bonds is 14. The van der Waals surface area contributed by atoms with Gasteiger partial charge in [0.1, 0.15) is 17.9 Å². The maximum absolute atomic E-state index is 12.2. The number of ether oxygens (including phenoxy) is 6. The lowest BCUT2D eigenvalue weighted by Gasteiger charge is -2.19. The molecule has 0 saturated heterocycles. The lowest BCUT2D eigenvalue weighted by Crippen LogP contribution is -2.42. The van der Waals surface area contributed by atoms with E-state index in [0.29, 0.717) is 11.3 Å². The maximum Gasteiger partial charge on any atom is 0.514 e. The van der Waals surface area contributed by atoms with Gasteiger partial charge in [0.2, 0.25) is 0 Å². The first kappa shape index (κ1) is 32.9. The second-order valence-corrected chi connectivity index (χ2v) is 9.99. The van der Waals surface area contributed by atoms with Crippen molar-refractivity contribution in [3.8, 4) is 17.2 Å². The lowest BCUT2D eigenvalue weighted by molar-refractivity contribution is -0.139. The number of hydrogen-bond acceptors (Lipinski definition) is 11. The molecule has 0 radical (unpaired) electrons. The second-order valence-electron chi connectivity index (χ2n) is 9.99. The largest absolute Gasteiger partial charge is 0.514 e. The molecule has 0 aliphatic carbocycles. The summed E-state index contributed by atoms with van der Waals surface area (Å²) in [6, 6.07) is 11.5. The van der Waals surface area contributed by atoms with E-state index in [9.17, 15) is 24.3 Å². The molecule has 2 atom stereocenters. The number of hydrogen-bond donors (Lipinski definition) is 2. The van der Waals surface area contributed by atoms with Crippen molar-refractivity contribution < 1.29 is 52.7 Å². The number of aliphatic carboxylic acids is 1. The van der Waals surface area contributed by atoms with Crippen LogP contribution < -0.4 is 19.5 Å². The van der Waals surface area contributed by atoms with Crippen LogP contribution in [0.4, 0.5) is 14.4 Å². The van der Waals surface area contributed by atoms with Gasteiger partial charge < -0.3 is 38.8 Å². The highest BCUT2D eigenvalue weighted by Gasteiger charge is 2.23. The Hall–Kier alpha value is -4.32. The van der Waals surface area contributed by atoms with Gasteiger partial charge in [0, 0.05) is 6.54 Å². The minimum absolute atomic E-state index is 0.00856. The summed E-state index contributed by atoms with van der Waals surface area (Å²) in [6.45, 7) is 9.24. The van der Waals surface area contributed by atoms with E-state index in [0.717, 1.165) is 0 Å². The average molecular weight is 576 g/mol. The Kier molecular flexibility index (Phi) is 13.4. The zero-order valence-corrected chi connectivity index (χ0v) is 23.8. The zero-order valence-electron chi connectivity index (χ0n) is 23.8. The number of carbonyl (C=O) groups is 4. The van der Waals surface area contributed by atoms with E-state index >= 15 is 0 Å². The molecule has 0 spiro atoms. The van der Waals surface area contributed by atoms with Crippen LogP contribution in [0.15, 0.2) is 48.5 Å². The molecule has 0 heterocycles. The highest BCUT2D eigenvalue weighted by Crippen LogP contribution is 2.30. The van der Waals surface area contributed by atoms with E-state index in [1.807, 2.05) is 27.7 Å². The van der Waals surface area contributed by atoms with Crippen LogP contribution in [0.25, 0.3) is 0 Å².